The van der Waals surface area contributed by atoms with Gasteiger partial charge < -0.3 is 4.90 Å². The number of nitrogens with zero attached hydrogens (tertiary/aromatic N) is 2. The van der Waals surface area contributed by atoms with E-state index in [1.807, 2.05) is 26.0 Å². The summed E-state index contributed by atoms with van der Waals surface area (Å²) in [4.78, 5) is 17.3. The van der Waals surface area contributed by atoms with Crippen molar-refractivity contribution in [3.05, 3.63) is 29.1 Å². The summed E-state index contributed by atoms with van der Waals surface area (Å²) in [6.45, 7) is 3.76. The first-order chi connectivity index (χ1) is 6.02. The minimum atomic E-state index is 0.00463. The van der Waals surface area contributed by atoms with Crippen LogP contribution >= 0.6 is 0 Å². The van der Waals surface area contributed by atoms with Gasteiger partial charge in [0.15, 0.2) is 0 Å². The fourth-order valence-corrected chi connectivity index (χ4v) is 1.15. The van der Waals surface area contributed by atoms with Crippen molar-refractivity contribution < 1.29 is 4.79 Å². The van der Waals surface area contributed by atoms with Crippen molar-refractivity contribution >= 4 is 5.91 Å². The molecule has 0 N–H and O–H groups in total. The van der Waals surface area contributed by atoms with Crippen LogP contribution in [0.3, 0.4) is 0 Å². The van der Waals surface area contributed by atoms with Crippen LogP contribution in [0.4, 0.5) is 0 Å². The molecule has 0 unspecified atom stereocenters. The Morgan fingerprint density at radius 1 is 1.31 bits per heavy atom. The number of aromatic nitrogens is 1. The van der Waals surface area contributed by atoms with Gasteiger partial charge in [-0.25, -0.2) is 0 Å². The molecule has 3 nitrogen and oxygen atoms in total. The molecule has 1 heterocycles. The van der Waals surface area contributed by atoms with Gasteiger partial charge in [0.25, 0.3) is 5.91 Å². The van der Waals surface area contributed by atoms with E-state index in [-0.39, 0.29) is 5.91 Å². The Bertz CT molecular complexity index is 332. The van der Waals surface area contributed by atoms with Gasteiger partial charge in [-0.15, -0.1) is 0 Å². The predicted octanol–water partition coefficient (Wildman–Crippen LogP) is 1.40. The third-order valence-electron chi connectivity index (χ3n) is 1.86. The highest BCUT2D eigenvalue weighted by molar-refractivity contribution is 5.94. The summed E-state index contributed by atoms with van der Waals surface area (Å²) >= 11 is 0. The van der Waals surface area contributed by atoms with Crippen LogP contribution in [0.5, 0.6) is 0 Å². The van der Waals surface area contributed by atoms with E-state index >= 15 is 0 Å². The Labute approximate surface area is 78.4 Å². The van der Waals surface area contributed by atoms with Crippen molar-refractivity contribution in [1.29, 1.82) is 0 Å². The Morgan fingerprint density at radius 3 is 2.38 bits per heavy atom. The maximum Gasteiger partial charge on any atom is 0.255 e. The molecule has 13 heavy (non-hydrogen) atoms. The van der Waals surface area contributed by atoms with Crippen LogP contribution in [0.2, 0.25) is 0 Å². The number of carbonyl (C=O) groups excluding carboxylic acids is 1. The number of aryl methyl sites for hydroxylation is 2. The van der Waals surface area contributed by atoms with Gasteiger partial charge in [0.1, 0.15) is 0 Å². The maximum absolute atomic E-state index is 11.6. The summed E-state index contributed by atoms with van der Waals surface area (Å²) in [6, 6.07) is 3.67. The molecule has 1 amide bonds. The van der Waals surface area contributed by atoms with Crippen LogP contribution in [0.25, 0.3) is 0 Å². The topological polar surface area (TPSA) is 33.2 Å². The van der Waals surface area contributed by atoms with Crippen LogP contribution in [0.1, 0.15) is 21.7 Å². The number of hydrogen-bond acceptors (Lipinski definition) is 2. The van der Waals surface area contributed by atoms with Gasteiger partial charge in [-0.2, -0.15) is 0 Å². The number of pyridine rings is 1. The lowest BCUT2D eigenvalue weighted by Crippen LogP contribution is -2.22. The van der Waals surface area contributed by atoms with Crippen molar-refractivity contribution in [3.8, 4) is 0 Å². The number of rotatable bonds is 1. The molecule has 0 aliphatic carbocycles. The second kappa shape index (κ2) is 3.56. The van der Waals surface area contributed by atoms with Crippen LogP contribution in [0.15, 0.2) is 12.1 Å². The Hall–Kier alpha value is -1.38. The number of hydrogen-bond donors (Lipinski definition) is 0. The van der Waals surface area contributed by atoms with Gasteiger partial charge in [-0.3, -0.25) is 9.78 Å². The minimum absolute atomic E-state index is 0.00463. The van der Waals surface area contributed by atoms with Crippen LogP contribution in [0, 0.1) is 13.8 Å². The van der Waals surface area contributed by atoms with E-state index in [9.17, 15) is 4.79 Å². The molecule has 0 bridgehead atoms. The molecule has 70 valence electrons. The largest absolute Gasteiger partial charge is 0.345 e. The Balaban J connectivity index is 3.09. The zero-order valence-electron chi connectivity index (χ0n) is 8.46. The molecule has 0 aliphatic heterocycles. The molecule has 0 atom stereocenters. The molecule has 0 saturated carbocycles. The molecule has 0 radical (unpaired) electrons. The van der Waals surface area contributed by atoms with Crippen molar-refractivity contribution in [1.82, 2.24) is 9.88 Å². The van der Waals surface area contributed by atoms with Gasteiger partial charge in [-0.05, 0) is 26.0 Å². The normalized spacial score (nSPS) is 9.85. The monoisotopic (exact) mass is 178 g/mol. The van der Waals surface area contributed by atoms with Crippen molar-refractivity contribution in [2.24, 2.45) is 0 Å². The summed E-state index contributed by atoms with van der Waals surface area (Å²) < 4.78 is 0. The Morgan fingerprint density at radius 2 is 1.92 bits per heavy atom. The molecule has 0 spiro atoms. The highest BCUT2D eigenvalue weighted by Crippen LogP contribution is 2.07. The summed E-state index contributed by atoms with van der Waals surface area (Å²) in [5.41, 5.74) is 2.40. The highest BCUT2D eigenvalue weighted by Gasteiger charge is 2.10. The van der Waals surface area contributed by atoms with Gasteiger partial charge in [0.2, 0.25) is 0 Å². The van der Waals surface area contributed by atoms with E-state index < -0.39 is 0 Å². The Kier molecular flexibility index (Phi) is 2.66. The number of amides is 1. The second-order valence-electron chi connectivity index (χ2n) is 3.29. The first-order valence-corrected chi connectivity index (χ1v) is 4.18. The average molecular weight is 178 g/mol. The van der Waals surface area contributed by atoms with E-state index in [1.165, 1.54) is 0 Å². The van der Waals surface area contributed by atoms with Crippen LogP contribution in [-0.4, -0.2) is 29.9 Å². The third kappa shape index (κ3) is 2.05. The summed E-state index contributed by atoms with van der Waals surface area (Å²) in [5.74, 6) is 0.00463. The quantitative estimate of drug-likeness (QED) is 0.651. The fourth-order valence-electron chi connectivity index (χ4n) is 1.15. The third-order valence-corrected chi connectivity index (χ3v) is 1.86. The highest BCUT2D eigenvalue weighted by atomic mass is 16.2. The van der Waals surface area contributed by atoms with Gasteiger partial charge in [0.05, 0.1) is 11.3 Å². The summed E-state index contributed by atoms with van der Waals surface area (Å²) in [7, 11) is 3.48. The fraction of sp³-hybridized carbons (Fsp3) is 0.400. The van der Waals surface area contributed by atoms with E-state index in [2.05, 4.69) is 4.98 Å². The number of carbonyl (C=O) groups is 1. The van der Waals surface area contributed by atoms with Crippen molar-refractivity contribution in [2.45, 2.75) is 13.8 Å². The van der Waals surface area contributed by atoms with Gasteiger partial charge >= 0.3 is 0 Å². The van der Waals surface area contributed by atoms with Gasteiger partial charge in [-0.1, -0.05) is 0 Å². The molecule has 1 rings (SSSR count). The molecule has 0 aliphatic rings. The standard InChI is InChI=1S/C10H14N2O/c1-7-5-6-9(8(2)11-7)10(13)12(3)4/h5-6H,1-4H3. The lowest BCUT2D eigenvalue weighted by atomic mass is 10.1. The predicted molar refractivity (Wildman–Crippen MR) is 51.7 cm³/mol. The minimum Gasteiger partial charge on any atom is -0.345 e. The van der Waals surface area contributed by atoms with E-state index in [4.69, 9.17) is 0 Å². The van der Waals surface area contributed by atoms with E-state index in [1.54, 1.807) is 19.0 Å². The lowest BCUT2D eigenvalue weighted by Gasteiger charge is -2.11. The smallest absolute Gasteiger partial charge is 0.255 e. The molecule has 0 saturated heterocycles. The van der Waals surface area contributed by atoms with Crippen LogP contribution in [-0.2, 0) is 0 Å². The molecule has 0 fully saturated rings. The zero-order chi connectivity index (χ0) is 10.0. The summed E-state index contributed by atoms with van der Waals surface area (Å²) in [5, 5.41) is 0. The molecule has 1 aromatic rings. The lowest BCUT2D eigenvalue weighted by molar-refractivity contribution is 0.0826. The first-order valence-electron chi connectivity index (χ1n) is 4.18. The first kappa shape index (κ1) is 9.71. The van der Waals surface area contributed by atoms with Crippen molar-refractivity contribution in [3.63, 3.8) is 0 Å². The average Bonchev–Trinajstić information content (AvgIpc) is 2.03. The SMILES string of the molecule is Cc1ccc(C(=O)N(C)C)c(C)n1. The second-order valence-corrected chi connectivity index (χ2v) is 3.29. The van der Waals surface area contributed by atoms with Crippen LogP contribution < -0.4 is 0 Å². The van der Waals surface area contributed by atoms with E-state index in [0.29, 0.717) is 5.56 Å². The molecule has 3 heteroatoms. The molecular formula is C10H14N2O. The van der Waals surface area contributed by atoms with Gasteiger partial charge in [0, 0.05) is 19.8 Å². The van der Waals surface area contributed by atoms with E-state index in [0.717, 1.165) is 11.4 Å². The molecule has 1 aromatic heterocycles. The summed E-state index contributed by atoms with van der Waals surface area (Å²) in [6.07, 6.45) is 0. The molecule has 0 aromatic carbocycles. The maximum atomic E-state index is 11.6. The zero-order valence-corrected chi connectivity index (χ0v) is 8.46. The van der Waals surface area contributed by atoms with Crippen molar-refractivity contribution in [2.75, 3.05) is 14.1 Å². The molecular weight excluding hydrogens is 164 g/mol.